The van der Waals surface area contributed by atoms with Crippen molar-refractivity contribution in [1.82, 2.24) is 19.8 Å². The number of carbonyl (C=O) groups is 2. The molecule has 0 bridgehead atoms. The number of rotatable bonds is 1. The number of likely N-dealkylation sites (N-methyl/N-ethyl adjacent to an activating group) is 1. The molecule has 1 saturated heterocycles. The number of fused-ring (bicyclic) bond motifs is 2. The summed E-state index contributed by atoms with van der Waals surface area (Å²) in [7, 11) is 1.80. The average Bonchev–Trinajstić information content (AvgIpc) is 3.30. The first-order valence-electron chi connectivity index (χ1n) is 13.2. The summed E-state index contributed by atoms with van der Waals surface area (Å²) >= 11 is 0. The van der Waals surface area contributed by atoms with Gasteiger partial charge in [0.25, 0.3) is 11.8 Å². The minimum absolute atomic E-state index is 0.0482. The van der Waals surface area contributed by atoms with Crippen molar-refractivity contribution in [2.24, 2.45) is 5.41 Å². The maximum atomic E-state index is 13.3. The van der Waals surface area contributed by atoms with Crippen molar-refractivity contribution in [3.8, 4) is 5.75 Å². The zero-order valence-electron chi connectivity index (χ0n) is 21.8. The molecule has 0 radical (unpaired) electrons. The van der Waals surface area contributed by atoms with Crippen LogP contribution in [0.15, 0.2) is 42.5 Å². The number of hydrogen-bond donors (Lipinski definition) is 1. The molecule has 37 heavy (non-hydrogen) atoms. The van der Waals surface area contributed by atoms with Crippen molar-refractivity contribution < 1.29 is 19.1 Å². The monoisotopic (exact) mass is 504 g/mol. The van der Waals surface area contributed by atoms with Crippen LogP contribution in [0.4, 0.5) is 0 Å². The number of aromatic nitrogens is 2. The number of benzene rings is 2. The Labute approximate surface area is 217 Å². The van der Waals surface area contributed by atoms with E-state index in [-0.39, 0.29) is 17.2 Å². The lowest BCUT2D eigenvalue weighted by Crippen LogP contribution is -2.45. The standard InChI is InChI=1S/C29H36N4O4/c1-21-30-24-10-9-22(19-25(24)31-21)27(34)33-14-12-29(13-15-33)11-5-6-17-36-18-16-32(2)28(35)23-7-3-4-8-26(23)37-20-29/h3-4,7-10,19H,5-6,11-18,20H2,1-2H3,(H,30,31). The summed E-state index contributed by atoms with van der Waals surface area (Å²) in [5.41, 5.74) is 2.97. The third kappa shape index (κ3) is 5.64. The molecule has 0 aliphatic carbocycles. The SMILES string of the molecule is Cc1nc2ccc(C(=O)N3CCC4(CCCCOCCN(C)C(=O)c5ccccc5OC4)CC3)cc2[nH]1. The van der Waals surface area contributed by atoms with Gasteiger partial charge in [-0.15, -0.1) is 0 Å². The minimum Gasteiger partial charge on any atom is -0.492 e. The number of hydrogen-bond acceptors (Lipinski definition) is 5. The van der Waals surface area contributed by atoms with E-state index in [4.69, 9.17) is 9.47 Å². The predicted octanol–water partition coefficient (Wildman–Crippen LogP) is 4.45. The number of imidazole rings is 1. The van der Waals surface area contributed by atoms with Crippen molar-refractivity contribution in [2.75, 3.05) is 46.5 Å². The topological polar surface area (TPSA) is 87.8 Å². The zero-order chi connectivity index (χ0) is 25.8. The van der Waals surface area contributed by atoms with E-state index in [2.05, 4.69) is 9.97 Å². The third-order valence-corrected chi connectivity index (χ3v) is 7.77. The van der Waals surface area contributed by atoms with Crippen LogP contribution in [-0.2, 0) is 4.74 Å². The summed E-state index contributed by atoms with van der Waals surface area (Å²) < 4.78 is 12.2. The molecular formula is C29H36N4O4. The van der Waals surface area contributed by atoms with E-state index in [9.17, 15) is 9.59 Å². The Balaban J connectivity index is 1.30. The third-order valence-electron chi connectivity index (χ3n) is 7.77. The second-order valence-corrected chi connectivity index (χ2v) is 10.4. The molecule has 8 nitrogen and oxygen atoms in total. The van der Waals surface area contributed by atoms with Crippen molar-refractivity contribution in [3.63, 3.8) is 0 Å². The molecule has 196 valence electrons. The molecule has 8 heteroatoms. The predicted molar refractivity (Wildman–Crippen MR) is 142 cm³/mol. The molecule has 1 fully saturated rings. The van der Waals surface area contributed by atoms with E-state index in [0.29, 0.717) is 56.3 Å². The van der Waals surface area contributed by atoms with Gasteiger partial charge >= 0.3 is 0 Å². The fourth-order valence-corrected chi connectivity index (χ4v) is 5.42. The quantitative estimate of drug-likeness (QED) is 0.529. The van der Waals surface area contributed by atoms with E-state index in [1.165, 1.54) is 0 Å². The number of amides is 2. The molecule has 1 N–H and O–H groups in total. The summed E-state index contributed by atoms with van der Waals surface area (Å²) in [5, 5.41) is 0. The number of nitrogens with zero attached hydrogens (tertiary/aromatic N) is 3. The van der Waals surface area contributed by atoms with Gasteiger partial charge in [-0.2, -0.15) is 0 Å². The number of aromatic amines is 1. The van der Waals surface area contributed by atoms with Gasteiger partial charge in [0.2, 0.25) is 0 Å². The summed E-state index contributed by atoms with van der Waals surface area (Å²) in [4.78, 5) is 37.7. The maximum absolute atomic E-state index is 13.3. The number of aryl methyl sites for hydroxylation is 1. The smallest absolute Gasteiger partial charge is 0.257 e. The number of ether oxygens (including phenoxy) is 2. The van der Waals surface area contributed by atoms with E-state index in [1.54, 1.807) is 11.9 Å². The van der Waals surface area contributed by atoms with Gasteiger partial charge in [-0.1, -0.05) is 18.6 Å². The molecular weight excluding hydrogens is 468 g/mol. The molecule has 0 atom stereocenters. The minimum atomic E-state index is -0.0600. The Hall–Kier alpha value is -3.39. The second kappa shape index (κ2) is 10.9. The normalized spacial score (nSPS) is 19.4. The summed E-state index contributed by atoms with van der Waals surface area (Å²) in [5.74, 6) is 1.46. The second-order valence-electron chi connectivity index (χ2n) is 10.4. The highest BCUT2D eigenvalue weighted by atomic mass is 16.5. The van der Waals surface area contributed by atoms with Crippen molar-refractivity contribution in [2.45, 2.75) is 39.0 Å². The number of likely N-dealkylation sites (tertiary alicyclic amines) is 1. The highest BCUT2D eigenvalue weighted by molar-refractivity contribution is 5.97. The Morgan fingerprint density at radius 1 is 1.03 bits per heavy atom. The van der Waals surface area contributed by atoms with Crippen molar-refractivity contribution >= 4 is 22.8 Å². The maximum Gasteiger partial charge on any atom is 0.257 e. The first kappa shape index (κ1) is 25.3. The van der Waals surface area contributed by atoms with Gasteiger partial charge in [-0.25, -0.2) is 4.98 Å². The fraction of sp³-hybridized carbons (Fsp3) is 0.483. The Kier molecular flexibility index (Phi) is 7.46. The summed E-state index contributed by atoms with van der Waals surface area (Å²) in [6, 6.07) is 13.2. The Morgan fingerprint density at radius 2 is 1.84 bits per heavy atom. The lowest BCUT2D eigenvalue weighted by Gasteiger charge is -2.42. The van der Waals surface area contributed by atoms with Crippen LogP contribution < -0.4 is 4.74 Å². The van der Waals surface area contributed by atoms with Gasteiger partial charge in [-0.05, 0) is 62.9 Å². The molecule has 2 aliphatic rings. The molecule has 1 aromatic heterocycles. The van der Waals surface area contributed by atoms with Crippen LogP contribution in [0.2, 0.25) is 0 Å². The van der Waals surface area contributed by atoms with Gasteiger partial charge in [0.05, 0.1) is 29.8 Å². The van der Waals surface area contributed by atoms with Crippen molar-refractivity contribution in [3.05, 3.63) is 59.4 Å². The first-order valence-corrected chi connectivity index (χ1v) is 13.2. The average molecular weight is 505 g/mol. The van der Waals surface area contributed by atoms with Gasteiger partial charge in [0.1, 0.15) is 11.6 Å². The van der Waals surface area contributed by atoms with Crippen LogP contribution in [0, 0.1) is 12.3 Å². The van der Waals surface area contributed by atoms with Gasteiger partial charge in [0.15, 0.2) is 0 Å². The lowest BCUT2D eigenvalue weighted by molar-refractivity contribution is 0.0329. The van der Waals surface area contributed by atoms with E-state index < -0.39 is 0 Å². The largest absolute Gasteiger partial charge is 0.492 e. The van der Waals surface area contributed by atoms with Crippen molar-refractivity contribution in [1.29, 1.82) is 0 Å². The molecule has 5 rings (SSSR count). The molecule has 1 spiro atoms. The number of carbonyl (C=O) groups excluding carboxylic acids is 2. The number of H-pyrrole nitrogens is 1. The molecule has 2 aromatic carbocycles. The Morgan fingerprint density at radius 3 is 2.68 bits per heavy atom. The van der Waals surface area contributed by atoms with Crippen LogP contribution >= 0.6 is 0 Å². The summed E-state index contributed by atoms with van der Waals surface area (Å²) in [6.45, 7) is 5.58. The molecule has 2 aliphatic heterocycles. The van der Waals surface area contributed by atoms with Gasteiger partial charge in [-0.3, -0.25) is 9.59 Å². The van der Waals surface area contributed by atoms with Crippen LogP contribution in [0.3, 0.4) is 0 Å². The lowest BCUT2D eigenvalue weighted by atomic mass is 9.75. The summed E-state index contributed by atoms with van der Waals surface area (Å²) in [6.07, 6.45) is 4.75. The first-order chi connectivity index (χ1) is 17.9. The molecule has 3 aromatic rings. The van der Waals surface area contributed by atoms with Gasteiger partial charge < -0.3 is 24.3 Å². The van der Waals surface area contributed by atoms with Crippen LogP contribution in [-0.4, -0.2) is 78.1 Å². The molecule has 3 heterocycles. The van der Waals surface area contributed by atoms with Crippen LogP contribution in [0.5, 0.6) is 5.75 Å². The van der Waals surface area contributed by atoms with E-state index >= 15 is 0 Å². The number of nitrogens with one attached hydrogen (secondary N) is 1. The van der Waals surface area contributed by atoms with Crippen LogP contribution in [0.1, 0.15) is 58.6 Å². The van der Waals surface area contributed by atoms with Gasteiger partial charge in [0, 0.05) is 44.3 Å². The van der Waals surface area contributed by atoms with E-state index in [1.807, 2.05) is 54.3 Å². The van der Waals surface area contributed by atoms with Crippen LogP contribution in [0.25, 0.3) is 11.0 Å². The molecule has 0 unspecified atom stereocenters. The molecule has 0 saturated carbocycles. The molecule has 2 amide bonds. The highest BCUT2D eigenvalue weighted by Crippen LogP contribution is 2.38. The number of para-hydroxylation sites is 1. The fourth-order valence-electron chi connectivity index (χ4n) is 5.42. The number of piperidine rings is 1. The Bertz CT molecular complexity index is 1260. The highest BCUT2D eigenvalue weighted by Gasteiger charge is 2.37. The zero-order valence-corrected chi connectivity index (χ0v) is 21.8. The van der Waals surface area contributed by atoms with E-state index in [0.717, 1.165) is 49.0 Å².